The van der Waals surface area contributed by atoms with Crippen molar-refractivity contribution in [2.75, 3.05) is 0 Å². The van der Waals surface area contributed by atoms with Crippen LogP contribution in [0.25, 0.3) is 0 Å². The summed E-state index contributed by atoms with van der Waals surface area (Å²) in [5.74, 6) is 0.432. The predicted molar refractivity (Wildman–Crippen MR) is 186 cm³/mol. The lowest BCUT2D eigenvalue weighted by Gasteiger charge is -2.21. The smallest absolute Gasteiger partial charge is 0.119 e. The maximum atomic E-state index is 11.5. The van der Waals surface area contributed by atoms with Crippen molar-refractivity contribution in [2.24, 2.45) is 0 Å². The van der Waals surface area contributed by atoms with Crippen LogP contribution in [0.5, 0.6) is 5.75 Å². The molecule has 0 heterocycles. The molecule has 0 radical (unpaired) electrons. The molecule has 4 aromatic carbocycles. The number of rotatable bonds is 18. The van der Waals surface area contributed by atoms with Gasteiger partial charge in [0.2, 0.25) is 0 Å². The molecular weight excluding hydrogens is 520 g/mol. The van der Waals surface area contributed by atoms with Gasteiger partial charge in [-0.15, -0.1) is 0 Å². The molecule has 0 aliphatic carbocycles. The van der Waals surface area contributed by atoms with Gasteiger partial charge in [0, 0.05) is 12.0 Å². The fraction of sp³-hybridized carbons (Fsp3) is 0.429. The molecule has 0 aromatic heterocycles. The molecular formula is C42H54O. The van der Waals surface area contributed by atoms with Crippen molar-refractivity contribution in [3.05, 3.63) is 135 Å². The van der Waals surface area contributed by atoms with E-state index >= 15 is 0 Å². The van der Waals surface area contributed by atoms with E-state index < -0.39 is 0 Å². The van der Waals surface area contributed by atoms with Gasteiger partial charge in [-0.2, -0.15) is 0 Å². The Hall–Kier alpha value is -3.32. The largest absolute Gasteiger partial charge is 0.508 e. The number of phenolic OH excluding ortho intramolecular Hbond substituents is 1. The zero-order valence-electron chi connectivity index (χ0n) is 27.1. The maximum Gasteiger partial charge on any atom is 0.119 e. The van der Waals surface area contributed by atoms with Crippen molar-refractivity contribution in [1.82, 2.24) is 0 Å². The van der Waals surface area contributed by atoms with Crippen LogP contribution in [-0.4, -0.2) is 5.11 Å². The van der Waals surface area contributed by atoms with E-state index in [1.54, 1.807) is 0 Å². The van der Waals surface area contributed by atoms with Crippen molar-refractivity contribution >= 4 is 0 Å². The number of hydrogen-bond donors (Lipinski definition) is 1. The number of aromatic hydroxyl groups is 1. The highest BCUT2D eigenvalue weighted by atomic mass is 16.3. The van der Waals surface area contributed by atoms with Gasteiger partial charge in [0.15, 0.2) is 0 Å². The Labute approximate surface area is 262 Å². The van der Waals surface area contributed by atoms with Crippen LogP contribution in [0.15, 0.2) is 84.9 Å². The highest BCUT2D eigenvalue weighted by Gasteiger charge is 2.18. The van der Waals surface area contributed by atoms with Gasteiger partial charge in [0.05, 0.1) is 0 Å². The molecule has 4 aromatic rings. The summed E-state index contributed by atoms with van der Waals surface area (Å²) in [4.78, 5) is 0. The van der Waals surface area contributed by atoms with Gasteiger partial charge in [-0.3, -0.25) is 0 Å². The number of aryl methyl sites for hydroxylation is 3. The second-order valence-electron chi connectivity index (χ2n) is 12.4. The van der Waals surface area contributed by atoms with Crippen LogP contribution in [0, 0.1) is 0 Å². The van der Waals surface area contributed by atoms with Gasteiger partial charge in [0.1, 0.15) is 5.75 Å². The average molecular weight is 575 g/mol. The molecule has 0 aliphatic heterocycles. The summed E-state index contributed by atoms with van der Waals surface area (Å²) in [6, 6.07) is 31.1. The Morgan fingerprint density at radius 3 is 1.16 bits per heavy atom. The number of hydrogen-bond acceptors (Lipinski definition) is 1. The third-order valence-corrected chi connectivity index (χ3v) is 9.12. The lowest BCUT2D eigenvalue weighted by atomic mass is 9.85. The molecule has 43 heavy (non-hydrogen) atoms. The highest BCUT2D eigenvalue weighted by molar-refractivity contribution is 5.52. The Kier molecular flexibility index (Phi) is 13.4. The molecule has 0 saturated heterocycles. The molecule has 1 nitrogen and oxygen atoms in total. The molecule has 0 bridgehead atoms. The molecule has 0 saturated carbocycles. The molecule has 228 valence electrons. The van der Waals surface area contributed by atoms with Crippen molar-refractivity contribution in [1.29, 1.82) is 0 Å². The molecule has 0 atom stereocenters. The van der Waals surface area contributed by atoms with E-state index in [1.165, 1.54) is 102 Å². The molecule has 1 N–H and O–H groups in total. The highest BCUT2D eigenvalue weighted by Crippen LogP contribution is 2.33. The second-order valence-corrected chi connectivity index (χ2v) is 12.4. The summed E-state index contributed by atoms with van der Waals surface area (Å²) in [5.41, 5.74) is 12.3. The minimum Gasteiger partial charge on any atom is -0.508 e. The second kappa shape index (κ2) is 17.7. The van der Waals surface area contributed by atoms with Crippen LogP contribution in [0.2, 0.25) is 0 Å². The Morgan fingerprint density at radius 2 is 0.744 bits per heavy atom. The monoisotopic (exact) mass is 574 g/mol. The van der Waals surface area contributed by atoms with Gasteiger partial charge < -0.3 is 5.11 Å². The van der Waals surface area contributed by atoms with Crippen LogP contribution >= 0.6 is 0 Å². The predicted octanol–water partition coefficient (Wildman–Crippen LogP) is 11.4. The van der Waals surface area contributed by atoms with Gasteiger partial charge in [-0.05, 0) is 102 Å². The Balaban J connectivity index is 1.76. The van der Waals surface area contributed by atoms with Gasteiger partial charge in [-0.1, -0.05) is 138 Å². The normalized spacial score (nSPS) is 11.2. The van der Waals surface area contributed by atoms with E-state index in [1.807, 2.05) is 6.07 Å². The van der Waals surface area contributed by atoms with E-state index in [0.29, 0.717) is 5.75 Å². The summed E-state index contributed by atoms with van der Waals surface area (Å²) in [6.45, 7) is 6.82. The number of benzene rings is 4. The summed E-state index contributed by atoms with van der Waals surface area (Å²) < 4.78 is 0. The minimum atomic E-state index is 0.432. The van der Waals surface area contributed by atoms with Crippen LogP contribution in [-0.2, 0) is 38.5 Å². The fourth-order valence-corrected chi connectivity index (χ4v) is 6.52. The van der Waals surface area contributed by atoms with Crippen molar-refractivity contribution < 1.29 is 5.11 Å². The quantitative estimate of drug-likeness (QED) is 0.117. The average Bonchev–Trinajstić information content (AvgIpc) is 3.03. The van der Waals surface area contributed by atoms with Crippen LogP contribution in [0.4, 0.5) is 0 Å². The van der Waals surface area contributed by atoms with E-state index in [0.717, 1.165) is 44.1 Å². The van der Waals surface area contributed by atoms with Gasteiger partial charge in [-0.25, -0.2) is 0 Å². The SMILES string of the molecule is CCCCCc1ccccc1Cc1ccc(O)c(Cc2ccccc2CCCCC)c1Cc1ccccc1CCCCC. The fourth-order valence-electron chi connectivity index (χ4n) is 6.52. The number of phenols is 1. The number of unbranched alkanes of at least 4 members (excludes halogenated alkanes) is 6. The topological polar surface area (TPSA) is 20.2 Å². The molecule has 0 unspecified atom stereocenters. The first kappa shape index (κ1) is 32.6. The van der Waals surface area contributed by atoms with E-state index in [4.69, 9.17) is 0 Å². The molecule has 0 aliphatic rings. The Morgan fingerprint density at radius 1 is 0.372 bits per heavy atom. The molecule has 4 rings (SSSR count). The van der Waals surface area contributed by atoms with Crippen LogP contribution in [0.3, 0.4) is 0 Å². The van der Waals surface area contributed by atoms with Crippen molar-refractivity contribution in [3.63, 3.8) is 0 Å². The van der Waals surface area contributed by atoms with Crippen LogP contribution < -0.4 is 0 Å². The van der Waals surface area contributed by atoms with Gasteiger partial charge >= 0.3 is 0 Å². The maximum absolute atomic E-state index is 11.5. The van der Waals surface area contributed by atoms with E-state index in [2.05, 4.69) is 99.6 Å². The lowest BCUT2D eigenvalue weighted by Crippen LogP contribution is -2.07. The van der Waals surface area contributed by atoms with Gasteiger partial charge in [0.25, 0.3) is 0 Å². The van der Waals surface area contributed by atoms with E-state index in [-0.39, 0.29) is 0 Å². The summed E-state index contributed by atoms with van der Waals surface area (Å²) in [5, 5.41) is 11.5. The van der Waals surface area contributed by atoms with Crippen LogP contribution in [0.1, 0.15) is 129 Å². The first-order valence-electron chi connectivity index (χ1n) is 17.2. The first-order valence-corrected chi connectivity index (χ1v) is 17.2. The molecule has 0 spiro atoms. The zero-order valence-corrected chi connectivity index (χ0v) is 27.1. The molecule has 1 heteroatoms. The third-order valence-electron chi connectivity index (χ3n) is 9.12. The minimum absolute atomic E-state index is 0.432. The summed E-state index contributed by atoms with van der Waals surface area (Å²) >= 11 is 0. The van der Waals surface area contributed by atoms with Crippen molar-refractivity contribution in [3.8, 4) is 5.75 Å². The molecule has 0 fully saturated rings. The zero-order chi connectivity index (χ0) is 30.3. The summed E-state index contributed by atoms with van der Waals surface area (Å²) in [6.07, 6.45) is 17.1. The third kappa shape index (κ3) is 9.59. The summed E-state index contributed by atoms with van der Waals surface area (Å²) in [7, 11) is 0. The Bertz CT molecular complexity index is 1400. The first-order chi connectivity index (χ1) is 21.1. The van der Waals surface area contributed by atoms with Crippen molar-refractivity contribution in [2.45, 2.75) is 117 Å². The standard InChI is InChI=1S/C42H54O/c1-4-7-10-19-33-22-13-16-25-36(33)30-39-28-29-42(43)41(32-38-27-18-15-24-35(38)21-12-9-6-3)40(39)31-37-26-17-14-23-34(37)20-11-8-5-2/h13-18,22-29,43H,4-12,19-21,30-32H2,1-3H3. The van der Waals surface area contributed by atoms with E-state index in [9.17, 15) is 5.11 Å². The lowest BCUT2D eigenvalue weighted by molar-refractivity contribution is 0.468. The molecule has 0 amide bonds.